The lowest BCUT2D eigenvalue weighted by Crippen LogP contribution is -2.49. The normalized spacial score (nSPS) is 18.0. The van der Waals surface area contributed by atoms with Crippen LogP contribution >= 0.6 is 0 Å². The van der Waals surface area contributed by atoms with Gasteiger partial charge >= 0.3 is 0 Å². The first-order valence-electron chi connectivity index (χ1n) is 6.44. The zero-order valence-corrected chi connectivity index (χ0v) is 11.1. The van der Waals surface area contributed by atoms with Crippen molar-refractivity contribution in [1.82, 2.24) is 0 Å². The molecule has 1 aromatic carbocycles. The van der Waals surface area contributed by atoms with Crippen molar-refractivity contribution in [1.29, 1.82) is 0 Å². The molecule has 1 aliphatic heterocycles. The van der Waals surface area contributed by atoms with Crippen LogP contribution in [-0.2, 0) is 9.53 Å². The largest absolute Gasteiger partial charge is 0.508 e. The highest BCUT2D eigenvalue weighted by atomic mass is 16.5. The molecule has 0 atom stereocenters. The van der Waals surface area contributed by atoms with Gasteiger partial charge in [0.2, 0.25) is 5.91 Å². The minimum absolute atomic E-state index is 0.0176. The summed E-state index contributed by atoms with van der Waals surface area (Å²) in [4.78, 5) is 14.3. The Hall–Kier alpha value is -1.59. The maximum Gasteiger partial charge on any atom is 0.234 e. The number of phenolic OH excluding ortho intramolecular Hbond substituents is 1. The van der Waals surface area contributed by atoms with Crippen LogP contribution in [0.1, 0.15) is 12.8 Å². The maximum absolute atomic E-state index is 12.7. The Bertz CT molecular complexity index is 439. The van der Waals surface area contributed by atoms with E-state index < -0.39 is 5.41 Å². The molecule has 1 fully saturated rings. The predicted octanol–water partition coefficient (Wildman–Crippen LogP) is 1.11. The summed E-state index contributed by atoms with van der Waals surface area (Å²) in [6.07, 6.45) is 1.31. The Labute approximate surface area is 113 Å². The number of amides is 1. The Morgan fingerprint density at radius 3 is 2.47 bits per heavy atom. The summed E-state index contributed by atoms with van der Waals surface area (Å²) in [6, 6.07) is 6.57. The van der Waals surface area contributed by atoms with E-state index in [1.165, 1.54) is 0 Å². The van der Waals surface area contributed by atoms with E-state index in [1.54, 1.807) is 36.2 Å². The summed E-state index contributed by atoms with van der Waals surface area (Å²) in [5, 5.41) is 9.28. The van der Waals surface area contributed by atoms with E-state index in [0.29, 0.717) is 32.6 Å². The van der Waals surface area contributed by atoms with E-state index in [2.05, 4.69) is 0 Å². The van der Waals surface area contributed by atoms with Crippen molar-refractivity contribution >= 4 is 11.6 Å². The molecule has 19 heavy (non-hydrogen) atoms. The van der Waals surface area contributed by atoms with Crippen molar-refractivity contribution < 1.29 is 14.6 Å². The van der Waals surface area contributed by atoms with Gasteiger partial charge in [-0.1, -0.05) is 0 Å². The minimum Gasteiger partial charge on any atom is -0.508 e. The lowest BCUT2D eigenvalue weighted by molar-refractivity contribution is -0.132. The molecule has 0 radical (unpaired) electrons. The third-order valence-corrected chi connectivity index (χ3v) is 3.84. The number of benzene rings is 1. The first-order valence-corrected chi connectivity index (χ1v) is 6.44. The average molecular weight is 264 g/mol. The van der Waals surface area contributed by atoms with Crippen LogP contribution in [0.3, 0.4) is 0 Å². The van der Waals surface area contributed by atoms with Crippen LogP contribution in [-0.4, -0.2) is 37.8 Å². The third-order valence-electron chi connectivity index (χ3n) is 3.84. The number of anilines is 1. The smallest absolute Gasteiger partial charge is 0.234 e. The van der Waals surface area contributed by atoms with Crippen molar-refractivity contribution in [2.75, 3.05) is 31.7 Å². The summed E-state index contributed by atoms with van der Waals surface area (Å²) < 4.78 is 5.32. The van der Waals surface area contributed by atoms with Gasteiger partial charge in [-0.25, -0.2) is 0 Å². The molecule has 0 saturated carbocycles. The molecule has 5 nitrogen and oxygen atoms in total. The monoisotopic (exact) mass is 264 g/mol. The number of carbonyl (C=O) groups is 1. The summed E-state index contributed by atoms with van der Waals surface area (Å²) in [5.74, 6) is 0.202. The zero-order chi connectivity index (χ0) is 13.9. The number of hydrogen-bond acceptors (Lipinski definition) is 4. The summed E-state index contributed by atoms with van der Waals surface area (Å²) in [5.41, 5.74) is 6.07. The van der Waals surface area contributed by atoms with Crippen LogP contribution < -0.4 is 10.6 Å². The van der Waals surface area contributed by atoms with Crippen LogP contribution in [0.15, 0.2) is 24.3 Å². The molecule has 0 spiro atoms. The fourth-order valence-corrected chi connectivity index (χ4v) is 2.42. The first-order chi connectivity index (χ1) is 9.09. The molecule has 0 aromatic heterocycles. The topological polar surface area (TPSA) is 75.8 Å². The number of nitrogens with two attached hydrogens (primary N) is 1. The van der Waals surface area contributed by atoms with Crippen LogP contribution in [0.4, 0.5) is 5.69 Å². The molecule has 0 unspecified atom stereocenters. The number of nitrogens with zero attached hydrogens (tertiary/aromatic N) is 1. The molecular formula is C14H20N2O3. The van der Waals surface area contributed by atoms with E-state index in [1.807, 2.05) is 0 Å². The fraction of sp³-hybridized carbons (Fsp3) is 0.500. The van der Waals surface area contributed by atoms with E-state index in [9.17, 15) is 9.90 Å². The molecule has 1 aliphatic rings. The highest BCUT2D eigenvalue weighted by molar-refractivity contribution is 5.97. The molecule has 2 rings (SSSR count). The van der Waals surface area contributed by atoms with Crippen molar-refractivity contribution in [3.63, 3.8) is 0 Å². The Kier molecular flexibility index (Phi) is 4.07. The van der Waals surface area contributed by atoms with Crippen molar-refractivity contribution in [2.45, 2.75) is 12.8 Å². The molecule has 0 aliphatic carbocycles. The van der Waals surface area contributed by atoms with Crippen LogP contribution in [0.25, 0.3) is 0 Å². The lowest BCUT2D eigenvalue weighted by Gasteiger charge is -2.37. The molecule has 1 heterocycles. The Balaban J connectivity index is 2.19. The van der Waals surface area contributed by atoms with E-state index in [-0.39, 0.29) is 11.7 Å². The lowest BCUT2D eigenvalue weighted by atomic mass is 9.79. The molecule has 0 bridgehead atoms. The van der Waals surface area contributed by atoms with Crippen LogP contribution in [0.5, 0.6) is 5.75 Å². The standard InChI is InChI=1S/C14H20N2O3/c1-16(11-2-4-12(17)5-3-11)13(18)14(10-15)6-8-19-9-7-14/h2-5,17H,6-10,15H2,1H3. The van der Waals surface area contributed by atoms with E-state index >= 15 is 0 Å². The highest BCUT2D eigenvalue weighted by Gasteiger charge is 2.40. The SMILES string of the molecule is CN(C(=O)C1(CN)CCOCC1)c1ccc(O)cc1. The summed E-state index contributed by atoms with van der Waals surface area (Å²) in [6.45, 7) is 1.48. The molecule has 1 saturated heterocycles. The second-order valence-corrected chi connectivity index (χ2v) is 4.98. The number of hydrogen-bond donors (Lipinski definition) is 2. The second-order valence-electron chi connectivity index (χ2n) is 4.98. The van der Waals surface area contributed by atoms with Crippen LogP contribution in [0, 0.1) is 5.41 Å². The average Bonchev–Trinajstić information content (AvgIpc) is 2.47. The van der Waals surface area contributed by atoms with Gasteiger partial charge in [-0.3, -0.25) is 4.79 Å². The maximum atomic E-state index is 12.7. The summed E-state index contributed by atoms with van der Waals surface area (Å²) in [7, 11) is 1.74. The first kappa shape index (κ1) is 13.8. The van der Waals surface area contributed by atoms with Gasteiger partial charge < -0.3 is 20.5 Å². The number of aromatic hydroxyl groups is 1. The van der Waals surface area contributed by atoms with Gasteiger partial charge in [0, 0.05) is 32.5 Å². The Morgan fingerprint density at radius 2 is 1.95 bits per heavy atom. The van der Waals surface area contributed by atoms with E-state index in [0.717, 1.165) is 5.69 Å². The Morgan fingerprint density at radius 1 is 1.37 bits per heavy atom. The number of rotatable bonds is 3. The van der Waals surface area contributed by atoms with Gasteiger partial charge in [0.25, 0.3) is 0 Å². The number of ether oxygens (including phenoxy) is 1. The van der Waals surface area contributed by atoms with Crippen molar-refractivity contribution in [2.24, 2.45) is 11.1 Å². The van der Waals surface area contributed by atoms with Gasteiger partial charge in [0.05, 0.1) is 5.41 Å². The van der Waals surface area contributed by atoms with Gasteiger partial charge in [-0.15, -0.1) is 0 Å². The number of phenols is 1. The zero-order valence-electron chi connectivity index (χ0n) is 11.1. The van der Waals surface area contributed by atoms with Gasteiger partial charge in [-0.05, 0) is 37.1 Å². The van der Waals surface area contributed by atoms with Gasteiger partial charge in [0.15, 0.2) is 0 Å². The molecule has 1 amide bonds. The molecule has 5 heteroatoms. The van der Waals surface area contributed by atoms with Crippen LogP contribution in [0.2, 0.25) is 0 Å². The third kappa shape index (κ3) is 2.72. The van der Waals surface area contributed by atoms with Gasteiger partial charge in [-0.2, -0.15) is 0 Å². The quantitative estimate of drug-likeness (QED) is 0.857. The fourth-order valence-electron chi connectivity index (χ4n) is 2.42. The predicted molar refractivity (Wildman–Crippen MR) is 73.1 cm³/mol. The highest BCUT2D eigenvalue weighted by Crippen LogP contribution is 2.33. The number of carbonyl (C=O) groups excluding carboxylic acids is 1. The minimum atomic E-state index is -0.523. The molecule has 3 N–H and O–H groups in total. The second kappa shape index (κ2) is 5.59. The molecular weight excluding hydrogens is 244 g/mol. The summed E-state index contributed by atoms with van der Waals surface area (Å²) >= 11 is 0. The van der Waals surface area contributed by atoms with E-state index in [4.69, 9.17) is 10.5 Å². The molecule has 104 valence electrons. The molecule has 1 aromatic rings. The van der Waals surface area contributed by atoms with Crippen molar-refractivity contribution in [3.05, 3.63) is 24.3 Å². The van der Waals surface area contributed by atoms with Gasteiger partial charge in [0.1, 0.15) is 5.75 Å². The van der Waals surface area contributed by atoms with Crippen molar-refractivity contribution in [3.8, 4) is 5.75 Å².